The van der Waals surface area contributed by atoms with Crippen molar-refractivity contribution in [2.45, 2.75) is 10.8 Å². The van der Waals surface area contributed by atoms with Crippen LogP contribution in [0.5, 0.6) is 0 Å². The van der Waals surface area contributed by atoms with Crippen LogP contribution in [0.15, 0.2) is 164 Å². The molecule has 1 aliphatic carbocycles. The van der Waals surface area contributed by atoms with Crippen molar-refractivity contribution < 1.29 is 0 Å². The maximum absolute atomic E-state index is 2.47. The molecule has 0 aliphatic heterocycles. The van der Waals surface area contributed by atoms with Gasteiger partial charge in [-0.05, 0) is 56.3 Å². The lowest BCUT2D eigenvalue weighted by Gasteiger charge is -2.54. The van der Waals surface area contributed by atoms with Gasteiger partial charge in [0, 0.05) is 0 Å². The molecule has 0 unspecified atom stereocenters. The van der Waals surface area contributed by atoms with Gasteiger partial charge in [-0.25, -0.2) is 0 Å². The van der Waals surface area contributed by atoms with E-state index < -0.39 is 10.8 Å². The summed E-state index contributed by atoms with van der Waals surface area (Å²) in [6, 6.07) is 57.8. The Morgan fingerprint density at radius 2 is 0.763 bits per heavy atom. The lowest BCUT2D eigenvalue weighted by Crippen LogP contribution is -2.52. The molecule has 180 valence electrons. The monoisotopic (exact) mass is 484 g/mol. The topological polar surface area (TPSA) is 0 Å². The smallest absolute Gasteiger partial charge is 0.0629 e. The minimum absolute atomic E-state index is 0.492. The van der Waals surface area contributed by atoms with E-state index in [1.165, 1.54) is 44.2 Å². The summed E-state index contributed by atoms with van der Waals surface area (Å²) in [4.78, 5) is 0. The zero-order chi connectivity index (χ0) is 25.4. The summed E-state index contributed by atoms with van der Waals surface area (Å²) in [5.74, 6) is 0. The van der Waals surface area contributed by atoms with E-state index in [1.807, 2.05) is 0 Å². The Balaban J connectivity index is 1.75. The molecule has 6 aromatic carbocycles. The van der Waals surface area contributed by atoms with Crippen molar-refractivity contribution in [2.24, 2.45) is 0 Å². The maximum atomic E-state index is 2.47. The van der Waals surface area contributed by atoms with Gasteiger partial charge in [-0.1, -0.05) is 158 Å². The fourth-order valence-corrected chi connectivity index (χ4v) is 6.78. The highest BCUT2D eigenvalue weighted by Gasteiger charge is 2.57. The van der Waals surface area contributed by atoms with Gasteiger partial charge in [0.2, 0.25) is 0 Å². The average molecular weight is 485 g/mol. The van der Waals surface area contributed by atoms with Gasteiger partial charge in [-0.3, -0.25) is 0 Å². The fourth-order valence-electron chi connectivity index (χ4n) is 6.78. The van der Waals surface area contributed by atoms with Crippen molar-refractivity contribution in [2.75, 3.05) is 0 Å². The van der Waals surface area contributed by atoms with E-state index in [2.05, 4.69) is 170 Å². The summed E-state index contributed by atoms with van der Waals surface area (Å²) in [5.41, 5.74) is 6.67. The van der Waals surface area contributed by atoms with E-state index >= 15 is 0 Å². The number of fused-ring (bicyclic) bond motifs is 2. The minimum atomic E-state index is -0.521. The summed E-state index contributed by atoms with van der Waals surface area (Å²) in [7, 11) is 0. The Morgan fingerprint density at radius 1 is 0.368 bits per heavy atom. The predicted molar refractivity (Wildman–Crippen MR) is 159 cm³/mol. The quantitative estimate of drug-likeness (QED) is 0.234. The van der Waals surface area contributed by atoms with Crippen molar-refractivity contribution >= 4 is 16.8 Å². The van der Waals surface area contributed by atoms with Crippen LogP contribution < -0.4 is 0 Å². The first-order valence-corrected chi connectivity index (χ1v) is 13.3. The Labute approximate surface area is 224 Å². The molecule has 0 heterocycles. The molecule has 0 nitrogen and oxygen atoms in total. The van der Waals surface area contributed by atoms with Crippen LogP contribution in [0.1, 0.15) is 33.4 Å². The highest BCUT2D eigenvalue weighted by atomic mass is 14.6. The van der Waals surface area contributed by atoms with Gasteiger partial charge in [0.15, 0.2) is 0 Å². The van der Waals surface area contributed by atoms with Crippen LogP contribution in [-0.4, -0.2) is 0 Å². The molecular weight excluding hydrogens is 456 g/mol. The van der Waals surface area contributed by atoms with E-state index in [0.717, 1.165) is 0 Å². The van der Waals surface area contributed by atoms with Gasteiger partial charge in [0.1, 0.15) is 0 Å². The third-order valence-corrected chi connectivity index (χ3v) is 8.30. The van der Waals surface area contributed by atoms with Gasteiger partial charge >= 0.3 is 0 Å². The second-order valence-corrected chi connectivity index (χ2v) is 10.1. The lowest BCUT2D eigenvalue weighted by atomic mass is 9.47. The first-order chi connectivity index (χ1) is 18.8. The normalized spacial score (nSPS) is 15.2. The molecule has 0 heteroatoms. The molecule has 0 saturated heterocycles. The number of rotatable bonds is 4. The SMILES string of the molecule is C1=CC(c2ccccc2)(c2ccccc2)C(c2ccccc2)(c2ccccc2)c2cc3ccccc3cc21. The number of benzene rings is 6. The van der Waals surface area contributed by atoms with Gasteiger partial charge in [0.25, 0.3) is 0 Å². The fraction of sp³-hybridized carbons (Fsp3) is 0.0526. The highest BCUT2D eigenvalue weighted by Crippen LogP contribution is 2.60. The summed E-state index contributed by atoms with van der Waals surface area (Å²) in [6.45, 7) is 0. The maximum Gasteiger partial charge on any atom is 0.0629 e. The molecule has 0 amide bonds. The van der Waals surface area contributed by atoms with Crippen molar-refractivity contribution in [3.05, 3.63) is 197 Å². The van der Waals surface area contributed by atoms with E-state index in [4.69, 9.17) is 0 Å². The molecule has 0 saturated carbocycles. The second-order valence-electron chi connectivity index (χ2n) is 10.1. The summed E-state index contributed by atoms with van der Waals surface area (Å²) >= 11 is 0. The third kappa shape index (κ3) is 3.17. The molecule has 0 fully saturated rings. The standard InChI is InChI=1S/C38H28/c1-5-17-32(18-6-1)37(33-19-7-2-8-20-33)26-25-31-27-29-15-13-14-16-30(29)28-36(31)38(37,34-21-9-3-10-22-34)35-23-11-4-12-24-35/h1-28H. The van der Waals surface area contributed by atoms with Gasteiger partial charge in [-0.15, -0.1) is 0 Å². The van der Waals surface area contributed by atoms with Crippen molar-refractivity contribution in [1.82, 2.24) is 0 Å². The Morgan fingerprint density at radius 3 is 1.24 bits per heavy atom. The Hall–Kier alpha value is -4.68. The number of allylic oxidation sites excluding steroid dienone is 1. The van der Waals surface area contributed by atoms with Crippen LogP contribution in [0.25, 0.3) is 16.8 Å². The molecule has 1 aliphatic rings. The first kappa shape index (κ1) is 22.5. The van der Waals surface area contributed by atoms with E-state index in [9.17, 15) is 0 Å². The van der Waals surface area contributed by atoms with Gasteiger partial charge < -0.3 is 0 Å². The van der Waals surface area contributed by atoms with Crippen LogP contribution in [-0.2, 0) is 10.8 Å². The van der Waals surface area contributed by atoms with Crippen molar-refractivity contribution in [3.63, 3.8) is 0 Å². The minimum Gasteiger partial charge on any atom is -0.0674 e. The van der Waals surface area contributed by atoms with Crippen molar-refractivity contribution in [3.8, 4) is 0 Å². The largest absolute Gasteiger partial charge is 0.0674 e. The molecular formula is C38H28. The zero-order valence-corrected chi connectivity index (χ0v) is 21.2. The molecule has 38 heavy (non-hydrogen) atoms. The van der Waals surface area contributed by atoms with E-state index in [-0.39, 0.29) is 0 Å². The molecule has 6 aromatic rings. The lowest BCUT2D eigenvalue weighted by molar-refractivity contribution is 0.430. The second kappa shape index (κ2) is 9.01. The predicted octanol–water partition coefficient (Wildman–Crippen LogP) is 9.19. The average Bonchev–Trinajstić information content (AvgIpc) is 3.01. The van der Waals surface area contributed by atoms with E-state index in [0.29, 0.717) is 0 Å². The van der Waals surface area contributed by atoms with E-state index in [1.54, 1.807) is 0 Å². The summed E-state index contributed by atoms with van der Waals surface area (Å²) in [5, 5.41) is 2.52. The Kier molecular flexibility index (Phi) is 5.34. The van der Waals surface area contributed by atoms with Crippen LogP contribution >= 0.6 is 0 Å². The summed E-state index contributed by atoms with van der Waals surface area (Å²) in [6.07, 6.45) is 4.82. The molecule has 0 radical (unpaired) electrons. The molecule has 0 aromatic heterocycles. The molecule has 0 N–H and O–H groups in total. The molecule has 0 bridgehead atoms. The van der Waals surface area contributed by atoms with Gasteiger partial charge in [-0.2, -0.15) is 0 Å². The third-order valence-electron chi connectivity index (χ3n) is 8.30. The number of hydrogen-bond donors (Lipinski definition) is 0. The number of hydrogen-bond acceptors (Lipinski definition) is 0. The highest BCUT2D eigenvalue weighted by molar-refractivity contribution is 5.89. The first-order valence-electron chi connectivity index (χ1n) is 13.3. The summed E-state index contributed by atoms with van der Waals surface area (Å²) < 4.78 is 0. The van der Waals surface area contributed by atoms with Gasteiger partial charge in [0.05, 0.1) is 10.8 Å². The molecule has 0 spiro atoms. The zero-order valence-electron chi connectivity index (χ0n) is 21.2. The van der Waals surface area contributed by atoms with Crippen LogP contribution in [0, 0.1) is 0 Å². The van der Waals surface area contributed by atoms with Crippen LogP contribution in [0.4, 0.5) is 0 Å². The van der Waals surface area contributed by atoms with Crippen LogP contribution in [0.2, 0.25) is 0 Å². The van der Waals surface area contributed by atoms with Crippen LogP contribution in [0.3, 0.4) is 0 Å². The van der Waals surface area contributed by atoms with Crippen molar-refractivity contribution in [1.29, 1.82) is 0 Å². The molecule has 0 atom stereocenters. The Bertz CT molecular complexity index is 1650. The molecule has 7 rings (SSSR count).